The Bertz CT molecular complexity index is 1690. The van der Waals surface area contributed by atoms with Gasteiger partial charge in [0, 0.05) is 63.2 Å². The Morgan fingerprint density at radius 1 is 1.00 bits per heavy atom. The molecular weight excluding hydrogens is 558 g/mol. The molecule has 222 valence electrons. The minimum atomic E-state index is -0.805. The second kappa shape index (κ2) is 12.9. The summed E-state index contributed by atoms with van der Waals surface area (Å²) < 4.78 is 13.5. The van der Waals surface area contributed by atoms with Crippen molar-refractivity contribution in [2.75, 3.05) is 7.11 Å². The van der Waals surface area contributed by atoms with Gasteiger partial charge in [-0.25, -0.2) is 4.98 Å². The summed E-state index contributed by atoms with van der Waals surface area (Å²) in [7, 11) is 1.61. The summed E-state index contributed by atoms with van der Waals surface area (Å²) in [6, 6.07) is 24.2. The van der Waals surface area contributed by atoms with Crippen molar-refractivity contribution in [3.05, 3.63) is 102 Å². The van der Waals surface area contributed by atoms with Gasteiger partial charge in [0.1, 0.15) is 12.4 Å². The van der Waals surface area contributed by atoms with Gasteiger partial charge in [0.15, 0.2) is 0 Å². The molecule has 3 aromatic heterocycles. The largest absolute Gasteiger partial charge is 0.487 e. The van der Waals surface area contributed by atoms with Gasteiger partial charge in [0.05, 0.1) is 18.7 Å². The second-order valence-corrected chi connectivity index (χ2v) is 13.4. The number of carboxylic acid groups (broad SMARTS) is 1. The Balaban J connectivity index is 1.54. The predicted molar refractivity (Wildman–Crippen MR) is 172 cm³/mol. The summed E-state index contributed by atoms with van der Waals surface area (Å²) in [6.07, 6.45) is 3.99. The van der Waals surface area contributed by atoms with Crippen molar-refractivity contribution in [2.45, 2.75) is 56.9 Å². The van der Waals surface area contributed by atoms with Crippen LogP contribution in [0.3, 0.4) is 0 Å². The summed E-state index contributed by atoms with van der Waals surface area (Å²) in [5.74, 6) is -0.00824. The number of carboxylic acids is 1. The Hall–Kier alpha value is -4.30. The first-order valence-corrected chi connectivity index (χ1v) is 15.1. The second-order valence-electron chi connectivity index (χ2n) is 11.6. The van der Waals surface area contributed by atoms with Crippen LogP contribution in [0, 0.1) is 5.92 Å². The maximum atomic E-state index is 12.0. The molecule has 0 aliphatic rings. The summed E-state index contributed by atoms with van der Waals surface area (Å²) in [6.45, 7) is 9.29. The molecule has 0 aliphatic carbocycles. The molecule has 1 unspecified atom stereocenters. The number of rotatable bonds is 11. The van der Waals surface area contributed by atoms with E-state index in [0.29, 0.717) is 25.5 Å². The van der Waals surface area contributed by atoms with Crippen LogP contribution in [0.2, 0.25) is 0 Å². The zero-order valence-corrected chi connectivity index (χ0v) is 26.0. The van der Waals surface area contributed by atoms with Gasteiger partial charge in [-0.05, 0) is 47.5 Å². The molecule has 0 spiro atoms. The number of fused-ring (bicyclic) bond motifs is 1. The van der Waals surface area contributed by atoms with E-state index >= 15 is 0 Å². The van der Waals surface area contributed by atoms with E-state index in [4.69, 9.17) is 9.47 Å². The van der Waals surface area contributed by atoms with Crippen molar-refractivity contribution in [2.24, 2.45) is 5.92 Å². The van der Waals surface area contributed by atoms with Crippen molar-refractivity contribution in [1.82, 2.24) is 14.5 Å². The summed E-state index contributed by atoms with van der Waals surface area (Å²) >= 11 is 1.77. The number of benzene rings is 2. The zero-order valence-electron chi connectivity index (χ0n) is 25.2. The van der Waals surface area contributed by atoms with Crippen LogP contribution in [0.4, 0.5) is 0 Å². The molecule has 43 heavy (non-hydrogen) atoms. The lowest BCUT2D eigenvalue weighted by molar-refractivity contribution is -0.141. The molecule has 3 heterocycles. The minimum absolute atomic E-state index is 0.0841. The summed E-state index contributed by atoms with van der Waals surface area (Å²) in [5.41, 5.74) is 6.12. The highest BCUT2D eigenvalue weighted by molar-refractivity contribution is 8.00. The molecule has 0 aliphatic heterocycles. The maximum Gasteiger partial charge on any atom is 0.306 e. The lowest BCUT2D eigenvalue weighted by Gasteiger charge is -2.20. The van der Waals surface area contributed by atoms with E-state index in [-0.39, 0.29) is 4.75 Å². The van der Waals surface area contributed by atoms with Gasteiger partial charge >= 0.3 is 5.97 Å². The van der Waals surface area contributed by atoms with E-state index in [9.17, 15) is 9.90 Å². The highest BCUT2D eigenvalue weighted by Gasteiger charge is 2.26. The van der Waals surface area contributed by atoms with E-state index in [1.54, 1.807) is 32.0 Å². The topological polar surface area (TPSA) is 86.5 Å². The molecule has 0 saturated carbocycles. The number of hydrogen-bond donors (Lipinski definition) is 1. The summed E-state index contributed by atoms with van der Waals surface area (Å²) in [5, 5.41) is 10.9. The molecule has 8 heteroatoms. The van der Waals surface area contributed by atoms with Gasteiger partial charge in [0.2, 0.25) is 5.88 Å². The molecule has 2 aromatic carbocycles. The van der Waals surface area contributed by atoms with Crippen molar-refractivity contribution in [3.8, 4) is 22.8 Å². The van der Waals surface area contributed by atoms with Gasteiger partial charge in [0.25, 0.3) is 0 Å². The smallest absolute Gasteiger partial charge is 0.306 e. The normalized spacial score (nSPS) is 12.3. The standard InChI is InChI=1S/C35H37N3O4S/c1-23(34(39)40)18-31-33(43-35(2,3)4)29-19-28(42-22-27-8-6-7-17-36-27)14-15-30(29)38(31)21-24-9-11-25(12-10-24)26-13-16-32(41-5)37-20-26/h6-17,19-20,23H,18,21-22H2,1-5H3,(H,39,40). The van der Waals surface area contributed by atoms with Crippen LogP contribution >= 0.6 is 11.8 Å². The SMILES string of the molecule is COc1ccc(-c2ccc(Cn3c(CC(C)C(=O)O)c(SC(C)(C)C)c4cc(OCc5ccccn5)ccc43)cc2)cn1. The minimum Gasteiger partial charge on any atom is -0.487 e. The third kappa shape index (κ3) is 7.38. The Labute approximate surface area is 256 Å². The van der Waals surface area contributed by atoms with Crippen LogP contribution in [-0.2, 0) is 24.4 Å². The fraction of sp³-hybridized carbons (Fsp3) is 0.286. The van der Waals surface area contributed by atoms with Gasteiger partial charge in [-0.15, -0.1) is 11.8 Å². The molecule has 0 bridgehead atoms. The number of aliphatic carboxylic acids is 1. The van der Waals surface area contributed by atoms with Gasteiger partial charge in [-0.1, -0.05) is 58.0 Å². The Morgan fingerprint density at radius 2 is 1.77 bits per heavy atom. The fourth-order valence-corrected chi connectivity index (χ4v) is 6.12. The van der Waals surface area contributed by atoms with E-state index < -0.39 is 11.9 Å². The molecule has 5 rings (SSSR count). The predicted octanol–water partition coefficient (Wildman–Crippen LogP) is 7.89. The first kappa shape index (κ1) is 30.2. The Morgan fingerprint density at radius 3 is 2.40 bits per heavy atom. The number of aromatic nitrogens is 3. The average Bonchev–Trinajstić information content (AvgIpc) is 3.26. The van der Waals surface area contributed by atoms with Crippen molar-refractivity contribution < 1.29 is 19.4 Å². The Kier molecular flexibility index (Phi) is 9.06. The number of nitrogens with zero attached hydrogens (tertiary/aromatic N) is 3. The summed E-state index contributed by atoms with van der Waals surface area (Å²) in [4.78, 5) is 21.8. The lowest BCUT2D eigenvalue weighted by atomic mass is 10.0. The van der Waals surface area contributed by atoms with E-state index in [1.165, 1.54) is 0 Å². The fourth-order valence-electron chi connectivity index (χ4n) is 4.92. The third-order valence-corrected chi connectivity index (χ3v) is 8.38. The van der Waals surface area contributed by atoms with E-state index in [2.05, 4.69) is 71.7 Å². The molecule has 0 amide bonds. The van der Waals surface area contributed by atoms with Crippen molar-refractivity contribution in [1.29, 1.82) is 0 Å². The average molecular weight is 596 g/mol. The van der Waals surface area contributed by atoms with Crippen molar-refractivity contribution in [3.63, 3.8) is 0 Å². The number of carbonyl (C=O) groups is 1. The molecule has 0 fully saturated rings. The maximum absolute atomic E-state index is 12.0. The molecule has 1 atom stereocenters. The third-order valence-electron chi connectivity index (χ3n) is 7.11. The molecular formula is C35H37N3O4S. The number of ether oxygens (including phenoxy) is 2. The van der Waals surface area contributed by atoms with Gasteiger partial charge < -0.3 is 19.1 Å². The van der Waals surface area contributed by atoms with Crippen LogP contribution in [0.1, 0.15) is 44.6 Å². The monoisotopic (exact) mass is 595 g/mol. The van der Waals surface area contributed by atoms with Crippen LogP contribution in [0.15, 0.2) is 90.1 Å². The number of thioether (sulfide) groups is 1. The van der Waals surface area contributed by atoms with E-state index in [1.807, 2.05) is 42.6 Å². The zero-order chi connectivity index (χ0) is 30.6. The highest BCUT2D eigenvalue weighted by atomic mass is 32.2. The first-order chi connectivity index (χ1) is 20.6. The lowest BCUT2D eigenvalue weighted by Crippen LogP contribution is -2.17. The van der Waals surface area contributed by atoms with Crippen LogP contribution < -0.4 is 9.47 Å². The van der Waals surface area contributed by atoms with Crippen molar-refractivity contribution >= 4 is 28.6 Å². The number of methoxy groups -OCH3 is 1. The molecule has 5 aromatic rings. The highest BCUT2D eigenvalue weighted by Crippen LogP contribution is 2.43. The van der Waals surface area contributed by atoms with E-state index in [0.717, 1.165) is 49.6 Å². The van der Waals surface area contributed by atoms with Gasteiger partial charge in [-0.3, -0.25) is 9.78 Å². The quantitative estimate of drug-likeness (QED) is 0.155. The van der Waals surface area contributed by atoms with Crippen LogP contribution in [0.5, 0.6) is 11.6 Å². The molecule has 1 N–H and O–H groups in total. The van der Waals surface area contributed by atoms with Crippen LogP contribution in [-0.4, -0.2) is 37.5 Å². The number of hydrogen-bond acceptors (Lipinski definition) is 6. The molecule has 0 saturated heterocycles. The number of pyridine rings is 2. The molecule has 0 radical (unpaired) electrons. The first-order valence-electron chi connectivity index (χ1n) is 14.3. The van der Waals surface area contributed by atoms with Gasteiger partial charge in [-0.2, -0.15) is 0 Å². The van der Waals surface area contributed by atoms with Crippen LogP contribution in [0.25, 0.3) is 22.0 Å². The molecule has 7 nitrogen and oxygen atoms in total.